The molecule has 1 atom stereocenters. The molecule has 1 aliphatic rings. The van der Waals surface area contributed by atoms with E-state index >= 15 is 0 Å². The van der Waals surface area contributed by atoms with Crippen molar-refractivity contribution in [1.29, 1.82) is 0 Å². The minimum Gasteiger partial charge on any atom is -0.379 e. The average molecular weight is 285 g/mol. The van der Waals surface area contributed by atoms with Gasteiger partial charge in [-0.15, -0.1) is 0 Å². The maximum Gasteiger partial charge on any atom is 0.159 e. The van der Waals surface area contributed by atoms with Crippen LogP contribution in [0.15, 0.2) is 18.2 Å². The number of hydrogen-bond acceptors (Lipinski definition) is 4. The van der Waals surface area contributed by atoms with Crippen molar-refractivity contribution < 1.29 is 13.5 Å². The maximum absolute atomic E-state index is 13.4. The highest BCUT2D eigenvalue weighted by Gasteiger charge is 2.37. The second-order valence-electron chi connectivity index (χ2n) is 5.53. The van der Waals surface area contributed by atoms with Crippen molar-refractivity contribution in [1.82, 2.24) is 10.3 Å². The molecular weight excluding hydrogens is 264 g/mol. The van der Waals surface area contributed by atoms with Crippen molar-refractivity contribution in [3.8, 4) is 0 Å². The van der Waals surface area contributed by atoms with Gasteiger partial charge in [-0.05, 0) is 31.5 Å². The van der Waals surface area contributed by atoms with Crippen molar-refractivity contribution >= 4 is 0 Å². The number of nitrogens with one attached hydrogen (secondary N) is 1. The molecule has 1 fully saturated rings. The lowest BCUT2D eigenvalue weighted by molar-refractivity contribution is -0.0239. The van der Waals surface area contributed by atoms with Crippen LogP contribution in [0, 0.1) is 11.6 Å². The minimum atomic E-state index is -0.861. The van der Waals surface area contributed by atoms with Crippen molar-refractivity contribution in [2.24, 2.45) is 5.84 Å². The molecule has 0 saturated carbocycles. The summed E-state index contributed by atoms with van der Waals surface area (Å²) in [6.07, 6.45) is 0. The average Bonchev–Trinajstić information content (AvgIpc) is 2.44. The molecule has 0 radical (unpaired) electrons. The summed E-state index contributed by atoms with van der Waals surface area (Å²) in [6.45, 7) is 6.97. The van der Waals surface area contributed by atoms with Gasteiger partial charge in [-0.1, -0.05) is 6.07 Å². The van der Waals surface area contributed by atoms with Gasteiger partial charge in [0.2, 0.25) is 0 Å². The van der Waals surface area contributed by atoms with Crippen LogP contribution in [0.2, 0.25) is 0 Å². The summed E-state index contributed by atoms with van der Waals surface area (Å²) in [4.78, 5) is 2.24. The van der Waals surface area contributed by atoms with E-state index in [1.807, 2.05) is 13.8 Å². The van der Waals surface area contributed by atoms with E-state index in [-0.39, 0.29) is 11.6 Å². The van der Waals surface area contributed by atoms with Crippen LogP contribution in [-0.2, 0) is 4.74 Å². The van der Waals surface area contributed by atoms with Crippen LogP contribution in [0.1, 0.15) is 25.5 Å². The molecule has 112 valence electrons. The van der Waals surface area contributed by atoms with E-state index in [9.17, 15) is 8.78 Å². The Morgan fingerprint density at radius 3 is 2.45 bits per heavy atom. The second-order valence-corrected chi connectivity index (χ2v) is 5.53. The van der Waals surface area contributed by atoms with Crippen LogP contribution >= 0.6 is 0 Å². The first-order chi connectivity index (χ1) is 9.46. The van der Waals surface area contributed by atoms with E-state index < -0.39 is 11.6 Å². The highest BCUT2D eigenvalue weighted by atomic mass is 19.2. The Bertz CT molecular complexity index is 462. The van der Waals surface area contributed by atoms with Gasteiger partial charge in [-0.25, -0.2) is 8.78 Å². The second kappa shape index (κ2) is 6.13. The number of halogens is 2. The fourth-order valence-electron chi connectivity index (χ4n) is 2.72. The van der Waals surface area contributed by atoms with Gasteiger partial charge in [-0.2, -0.15) is 0 Å². The van der Waals surface area contributed by atoms with Crippen molar-refractivity contribution in [3.63, 3.8) is 0 Å². The summed E-state index contributed by atoms with van der Waals surface area (Å²) in [5, 5.41) is 0. The van der Waals surface area contributed by atoms with Gasteiger partial charge < -0.3 is 4.74 Å². The number of nitrogens with two attached hydrogens (primary N) is 1. The number of rotatable bonds is 4. The molecule has 6 heteroatoms. The smallest absolute Gasteiger partial charge is 0.159 e. The van der Waals surface area contributed by atoms with Crippen LogP contribution in [0.25, 0.3) is 0 Å². The molecule has 0 bridgehead atoms. The zero-order chi connectivity index (χ0) is 14.8. The molecule has 0 spiro atoms. The van der Waals surface area contributed by atoms with E-state index in [1.165, 1.54) is 6.07 Å². The summed E-state index contributed by atoms with van der Waals surface area (Å²) in [7, 11) is 0. The Hall–Kier alpha value is -1.08. The molecule has 1 aromatic carbocycles. The predicted molar refractivity (Wildman–Crippen MR) is 72.9 cm³/mol. The van der Waals surface area contributed by atoms with Crippen LogP contribution < -0.4 is 11.3 Å². The molecule has 1 unspecified atom stereocenters. The molecule has 2 rings (SSSR count). The molecule has 1 saturated heterocycles. The zero-order valence-electron chi connectivity index (χ0n) is 11.8. The van der Waals surface area contributed by atoms with Gasteiger partial charge in [-0.3, -0.25) is 16.2 Å². The number of ether oxygens (including phenoxy) is 1. The highest BCUT2D eigenvalue weighted by molar-refractivity contribution is 5.24. The third kappa shape index (κ3) is 2.98. The molecule has 20 heavy (non-hydrogen) atoms. The minimum absolute atomic E-state index is 0.310. The largest absolute Gasteiger partial charge is 0.379 e. The third-order valence-electron chi connectivity index (χ3n) is 3.98. The zero-order valence-corrected chi connectivity index (χ0v) is 11.8. The van der Waals surface area contributed by atoms with Crippen LogP contribution in [0.4, 0.5) is 8.78 Å². The molecular formula is C14H21F2N3O. The Labute approximate surface area is 117 Å². The molecule has 0 aromatic heterocycles. The summed E-state index contributed by atoms with van der Waals surface area (Å²) in [5.74, 6) is 3.95. The standard InChI is InChI=1S/C14H21F2N3O/c1-14(2,19-5-7-20-8-6-19)13(18-17)10-3-4-11(15)12(16)9-10/h3-4,9,13,18H,5-8,17H2,1-2H3. The Morgan fingerprint density at radius 1 is 1.25 bits per heavy atom. The molecule has 3 N–H and O–H groups in total. The van der Waals surface area contributed by atoms with Gasteiger partial charge in [0.15, 0.2) is 11.6 Å². The van der Waals surface area contributed by atoms with E-state index in [2.05, 4.69) is 10.3 Å². The topological polar surface area (TPSA) is 50.5 Å². The Balaban J connectivity index is 2.27. The molecule has 4 nitrogen and oxygen atoms in total. The first kappa shape index (κ1) is 15.3. The molecule has 1 heterocycles. The Kier molecular flexibility index (Phi) is 4.70. The molecule has 1 aromatic rings. The lowest BCUT2D eigenvalue weighted by atomic mass is 9.87. The summed E-state index contributed by atoms with van der Waals surface area (Å²) < 4.78 is 31.8. The van der Waals surface area contributed by atoms with Crippen LogP contribution in [0.3, 0.4) is 0 Å². The lowest BCUT2D eigenvalue weighted by Crippen LogP contribution is -2.57. The normalized spacial score (nSPS) is 19.1. The van der Waals surface area contributed by atoms with E-state index in [0.717, 1.165) is 19.2 Å². The van der Waals surface area contributed by atoms with Gasteiger partial charge in [0, 0.05) is 18.6 Å². The Morgan fingerprint density at radius 2 is 1.90 bits per heavy atom. The summed E-state index contributed by atoms with van der Waals surface area (Å²) in [6, 6.07) is 3.58. The van der Waals surface area contributed by atoms with Crippen LogP contribution in [0.5, 0.6) is 0 Å². The van der Waals surface area contributed by atoms with Gasteiger partial charge in [0.05, 0.1) is 19.3 Å². The maximum atomic E-state index is 13.4. The fraction of sp³-hybridized carbons (Fsp3) is 0.571. The predicted octanol–water partition coefficient (Wildman–Crippen LogP) is 1.58. The molecule has 0 amide bonds. The molecule has 1 aliphatic heterocycles. The number of benzene rings is 1. The highest BCUT2D eigenvalue weighted by Crippen LogP contribution is 2.31. The van der Waals surface area contributed by atoms with E-state index in [0.29, 0.717) is 18.8 Å². The number of morpholine rings is 1. The van der Waals surface area contributed by atoms with Crippen molar-refractivity contribution in [2.75, 3.05) is 26.3 Å². The number of nitrogens with zero attached hydrogens (tertiary/aromatic N) is 1. The third-order valence-corrected chi connectivity index (χ3v) is 3.98. The number of hydrogen-bond donors (Lipinski definition) is 2. The van der Waals surface area contributed by atoms with Crippen molar-refractivity contribution in [3.05, 3.63) is 35.4 Å². The summed E-state index contributed by atoms with van der Waals surface area (Å²) >= 11 is 0. The fourth-order valence-corrected chi connectivity index (χ4v) is 2.72. The van der Waals surface area contributed by atoms with Crippen LogP contribution in [-0.4, -0.2) is 36.7 Å². The van der Waals surface area contributed by atoms with E-state index in [1.54, 1.807) is 6.07 Å². The first-order valence-corrected chi connectivity index (χ1v) is 6.70. The van der Waals surface area contributed by atoms with Gasteiger partial charge in [0.25, 0.3) is 0 Å². The van der Waals surface area contributed by atoms with Crippen molar-refractivity contribution in [2.45, 2.75) is 25.4 Å². The lowest BCUT2D eigenvalue weighted by Gasteiger charge is -2.45. The first-order valence-electron chi connectivity index (χ1n) is 6.70. The van der Waals surface area contributed by atoms with Gasteiger partial charge >= 0.3 is 0 Å². The quantitative estimate of drug-likeness (QED) is 0.651. The molecule has 0 aliphatic carbocycles. The van der Waals surface area contributed by atoms with E-state index in [4.69, 9.17) is 10.6 Å². The monoisotopic (exact) mass is 285 g/mol. The SMILES string of the molecule is CC(C)(C(NN)c1ccc(F)c(F)c1)N1CCOCC1. The van der Waals surface area contributed by atoms with Gasteiger partial charge in [0.1, 0.15) is 0 Å². The number of hydrazine groups is 1. The summed E-state index contributed by atoms with van der Waals surface area (Å²) in [5.41, 5.74) is 3.01.